The van der Waals surface area contributed by atoms with Crippen LogP contribution in [0.1, 0.15) is 6.42 Å². The van der Waals surface area contributed by atoms with Crippen molar-refractivity contribution in [2.24, 2.45) is 0 Å². The third-order valence-electron chi connectivity index (χ3n) is 4.30. The Labute approximate surface area is 176 Å². The summed E-state index contributed by atoms with van der Waals surface area (Å²) in [6.07, 6.45) is 2.14. The van der Waals surface area contributed by atoms with E-state index in [1.807, 2.05) is 6.26 Å². The minimum Gasteiger partial charge on any atom is -0.379 e. The van der Waals surface area contributed by atoms with E-state index in [0.717, 1.165) is 0 Å². The van der Waals surface area contributed by atoms with Gasteiger partial charge in [-0.15, -0.1) is 0 Å². The molecule has 12 heteroatoms. The number of morpholine rings is 1. The number of carbonyl (C=O) groups is 1. The van der Waals surface area contributed by atoms with Gasteiger partial charge >= 0.3 is 0 Å². The maximum Gasteiger partial charge on any atom is 0.241 e. The summed E-state index contributed by atoms with van der Waals surface area (Å²) in [4.78, 5) is 12.6. The fourth-order valence-electron chi connectivity index (χ4n) is 2.71. The van der Waals surface area contributed by atoms with Crippen LogP contribution in [0.3, 0.4) is 0 Å². The van der Waals surface area contributed by atoms with Crippen LogP contribution in [0.4, 0.5) is 0 Å². The lowest BCUT2D eigenvalue weighted by Gasteiger charge is -2.26. The Morgan fingerprint density at radius 3 is 2.45 bits per heavy atom. The molecule has 0 saturated carbocycles. The van der Waals surface area contributed by atoms with Crippen LogP contribution in [0.5, 0.6) is 0 Å². The molecule has 0 bridgehead atoms. The van der Waals surface area contributed by atoms with Crippen molar-refractivity contribution >= 4 is 37.7 Å². The zero-order valence-corrected chi connectivity index (χ0v) is 18.7. The normalized spacial score (nSPS) is 17.0. The summed E-state index contributed by atoms with van der Waals surface area (Å²) < 4.78 is 58.6. The van der Waals surface area contributed by atoms with Gasteiger partial charge in [0.1, 0.15) is 6.04 Å². The molecule has 1 aromatic rings. The summed E-state index contributed by atoms with van der Waals surface area (Å²) in [5.74, 6) is -0.225. The van der Waals surface area contributed by atoms with E-state index >= 15 is 0 Å². The maximum absolute atomic E-state index is 12.5. The zero-order chi connectivity index (χ0) is 21.3. The molecule has 0 spiro atoms. The molecule has 9 nitrogen and oxygen atoms in total. The molecule has 1 aliphatic rings. The van der Waals surface area contributed by atoms with Gasteiger partial charge in [0.2, 0.25) is 26.0 Å². The number of ether oxygens (including phenoxy) is 1. The SMILES string of the molecule is CSCCC(NS(=O)(=O)c1ccccc1)C(=O)NCCS(=O)(=O)N1CCOCC1. The Balaban J connectivity index is 1.96. The van der Waals surface area contributed by atoms with Crippen LogP contribution < -0.4 is 10.0 Å². The van der Waals surface area contributed by atoms with E-state index in [9.17, 15) is 21.6 Å². The van der Waals surface area contributed by atoms with Gasteiger partial charge < -0.3 is 10.1 Å². The van der Waals surface area contributed by atoms with Crippen molar-refractivity contribution < 1.29 is 26.4 Å². The molecule has 1 aliphatic heterocycles. The number of sulfonamides is 2. The molecular weight excluding hydrogens is 438 g/mol. The number of benzene rings is 1. The van der Waals surface area contributed by atoms with E-state index in [1.165, 1.54) is 28.2 Å². The lowest BCUT2D eigenvalue weighted by atomic mass is 10.2. The smallest absolute Gasteiger partial charge is 0.241 e. The number of nitrogens with zero attached hydrogens (tertiary/aromatic N) is 1. The first-order valence-electron chi connectivity index (χ1n) is 9.16. The van der Waals surface area contributed by atoms with Crippen LogP contribution in [0.2, 0.25) is 0 Å². The highest BCUT2D eigenvalue weighted by Crippen LogP contribution is 2.11. The first kappa shape index (κ1) is 24.1. The first-order chi connectivity index (χ1) is 13.8. The van der Waals surface area contributed by atoms with E-state index in [2.05, 4.69) is 10.0 Å². The molecule has 29 heavy (non-hydrogen) atoms. The highest BCUT2D eigenvalue weighted by atomic mass is 32.2. The number of thioether (sulfide) groups is 1. The van der Waals surface area contributed by atoms with Crippen molar-refractivity contribution in [1.29, 1.82) is 0 Å². The number of amides is 1. The predicted octanol–water partition coefficient (Wildman–Crippen LogP) is -0.135. The fraction of sp³-hybridized carbons (Fsp3) is 0.588. The number of rotatable bonds is 11. The Kier molecular flexibility index (Phi) is 9.37. The van der Waals surface area contributed by atoms with E-state index in [0.29, 0.717) is 32.1 Å². The minimum absolute atomic E-state index is 0.0665. The van der Waals surface area contributed by atoms with Crippen molar-refractivity contribution in [3.05, 3.63) is 30.3 Å². The molecule has 0 aliphatic carbocycles. The molecule has 1 amide bonds. The molecule has 2 rings (SSSR count). The lowest BCUT2D eigenvalue weighted by molar-refractivity contribution is -0.122. The molecule has 1 heterocycles. The molecule has 0 radical (unpaired) electrons. The lowest BCUT2D eigenvalue weighted by Crippen LogP contribution is -2.49. The Hall–Kier alpha value is -1.18. The summed E-state index contributed by atoms with van der Waals surface area (Å²) in [6.45, 7) is 1.20. The summed E-state index contributed by atoms with van der Waals surface area (Å²) >= 11 is 1.49. The first-order valence-corrected chi connectivity index (χ1v) is 13.6. The molecular formula is C17H27N3O6S3. The van der Waals surface area contributed by atoms with Crippen molar-refractivity contribution in [2.45, 2.75) is 17.4 Å². The standard InChI is InChI=1S/C17H27N3O6S3/c1-27-13-7-16(19-29(24,25)15-5-3-2-4-6-15)17(21)18-8-14-28(22,23)20-9-11-26-12-10-20/h2-6,16,19H,7-14H2,1H3,(H,18,21). The average molecular weight is 466 g/mol. The maximum atomic E-state index is 12.5. The third kappa shape index (κ3) is 7.54. The van der Waals surface area contributed by atoms with Gasteiger partial charge in [-0.1, -0.05) is 18.2 Å². The van der Waals surface area contributed by atoms with Crippen molar-refractivity contribution in [3.8, 4) is 0 Å². The molecule has 1 aromatic carbocycles. The molecule has 164 valence electrons. The van der Waals surface area contributed by atoms with E-state index < -0.39 is 32.0 Å². The van der Waals surface area contributed by atoms with Gasteiger partial charge in [-0.2, -0.15) is 20.8 Å². The van der Waals surface area contributed by atoms with Crippen molar-refractivity contribution in [1.82, 2.24) is 14.3 Å². The Bertz CT molecular complexity index is 856. The largest absolute Gasteiger partial charge is 0.379 e. The second kappa shape index (κ2) is 11.3. The van der Waals surface area contributed by atoms with Crippen LogP contribution in [0, 0.1) is 0 Å². The van der Waals surface area contributed by atoms with Crippen LogP contribution >= 0.6 is 11.8 Å². The van der Waals surface area contributed by atoms with Crippen LogP contribution in [-0.2, 0) is 29.6 Å². The summed E-state index contributed by atoms with van der Waals surface area (Å²) in [7, 11) is -7.37. The van der Waals surface area contributed by atoms with Gasteiger partial charge in [-0.05, 0) is 30.6 Å². The van der Waals surface area contributed by atoms with Crippen LogP contribution in [-0.4, -0.2) is 83.7 Å². The molecule has 1 saturated heterocycles. The summed E-state index contributed by atoms with van der Waals surface area (Å²) in [6, 6.07) is 6.80. The van der Waals surface area contributed by atoms with Gasteiger partial charge in [0.25, 0.3) is 0 Å². The fourth-order valence-corrected chi connectivity index (χ4v) is 5.76. The highest BCUT2D eigenvalue weighted by molar-refractivity contribution is 7.98. The van der Waals surface area contributed by atoms with E-state index in [4.69, 9.17) is 4.74 Å². The Morgan fingerprint density at radius 2 is 1.83 bits per heavy atom. The van der Waals surface area contributed by atoms with Gasteiger partial charge in [0, 0.05) is 19.6 Å². The van der Waals surface area contributed by atoms with Crippen molar-refractivity contribution in [2.75, 3.05) is 50.6 Å². The average Bonchev–Trinajstić information content (AvgIpc) is 2.72. The third-order valence-corrected chi connectivity index (χ3v) is 8.30. The second-order valence-corrected chi connectivity index (χ2v) is 11.2. The zero-order valence-electron chi connectivity index (χ0n) is 16.2. The Morgan fingerprint density at radius 1 is 1.17 bits per heavy atom. The quantitative estimate of drug-likeness (QED) is 0.467. The molecule has 1 unspecified atom stereocenters. The van der Waals surface area contributed by atoms with Gasteiger partial charge in [0.05, 0.1) is 23.9 Å². The monoisotopic (exact) mass is 465 g/mol. The van der Waals surface area contributed by atoms with E-state index in [-0.39, 0.29) is 23.6 Å². The topological polar surface area (TPSA) is 122 Å². The minimum atomic E-state index is -3.87. The number of hydrogen-bond donors (Lipinski definition) is 2. The number of carbonyl (C=O) groups excluding carboxylic acids is 1. The van der Waals surface area contributed by atoms with Gasteiger partial charge in [-0.3, -0.25) is 4.79 Å². The van der Waals surface area contributed by atoms with Gasteiger partial charge in [0.15, 0.2) is 0 Å². The van der Waals surface area contributed by atoms with Crippen LogP contribution in [0.15, 0.2) is 35.2 Å². The molecule has 1 fully saturated rings. The number of hydrogen-bond acceptors (Lipinski definition) is 7. The summed E-state index contributed by atoms with van der Waals surface area (Å²) in [5.41, 5.74) is 0. The molecule has 2 N–H and O–H groups in total. The van der Waals surface area contributed by atoms with E-state index in [1.54, 1.807) is 18.2 Å². The molecule has 0 aromatic heterocycles. The van der Waals surface area contributed by atoms with Crippen LogP contribution in [0.25, 0.3) is 0 Å². The highest BCUT2D eigenvalue weighted by Gasteiger charge is 2.27. The second-order valence-electron chi connectivity index (χ2n) is 6.39. The number of nitrogens with one attached hydrogen (secondary N) is 2. The van der Waals surface area contributed by atoms with Crippen molar-refractivity contribution in [3.63, 3.8) is 0 Å². The van der Waals surface area contributed by atoms with Gasteiger partial charge in [-0.25, -0.2) is 16.8 Å². The predicted molar refractivity (Wildman–Crippen MR) is 113 cm³/mol. The molecule has 1 atom stereocenters. The summed E-state index contributed by atoms with van der Waals surface area (Å²) in [5, 5.41) is 2.55.